The summed E-state index contributed by atoms with van der Waals surface area (Å²) in [6.07, 6.45) is -0.421. The summed E-state index contributed by atoms with van der Waals surface area (Å²) in [4.78, 5) is 36.6. The first kappa shape index (κ1) is 21.1. The van der Waals surface area contributed by atoms with Gasteiger partial charge in [0.15, 0.2) is 0 Å². The molecule has 0 radical (unpaired) electrons. The van der Waals surface area contributed by atoms with Gasteiger partial charge in [-0.25, -0.2) is 4.39 Å². The second kappa shape index (κ2) is 9.12. The molecule has 0 aromatic heterocycles. The van der Waals surface area contributed by atoms with Crippen molar-refractivity contribution < 1.29 is 23.9 Å². The number of hydrogen-bond acceptors (Lipinski definition) is 3. The number of carboxylic acid groups (broad SMARTS) is 1. The molecule has 0 saturated carbocycles. The van der Waals surface area contributed by atoms with Crippen LogP contribution in [0.15, 0.2) is 42.5 Å². The average Bonchev–Trinajstić information content (AvgIpc) is 2.63. The third-order valence-electron chi connectivity index (χ3n) is 4.16. The number of aliphatic carboxylic acids is 1. The highest BCUT2D eigenvalue weighted by atomic mass is 19.1. The van der Waals surface area contributed by atoms with Crippen LogP contribution in [0.5, 0.6) is 0 Å². The Morgan fingerprint density at radius 1 is 1.11 bits per heavy atom. The number of nitrogens with zero attached hydrogens (tertiary/aromatic N) is 1. The summed E-state index contributed by atoms with van der Waals surface area (Å²) >= 11 is 0. The monoisotopic (exact) mass is 386 g/mol. The fourth-order valence-corrected chi connectivity index (χ4v) is 2.69. The molecule has 0 spiro atoms. The molecule has 2 aromatic carbocycles. The maximum atomic E-state index is 13.9. The van der Waals surface area contributed by atoms with Gasteiger partial charge >= 0.3 is 5.97 Å². The summed E-state index contributed by atoms with van der Waals surface area (Å²) in [7, 11) is 1.73. The van der Waals surface area contributed by atoms with Gasteiger partial charge in [-0.15, -0.1) is 0 Å². The minimum atomic E-state index is -1.13. The molecule has 2 rings (SSSR count). The van der Waals surface area contributed by atoms with Crippen LogP contribution in [-0.2, 0) is 22.6 Å². The lowest BCUT2D eigenvalue weighted by molar-refractivity contribution is -0.136. The smallest absolute Gasteiger partial charge is 0.307 e. The van der Waals surface area contributed by atoms with Crippen LogP contribution in [0.25, 0.3) is 0 Å². The van der Waals surface area contributed by atoms with Gasteiger partial charge in [-0.2, -0.15) is 0 Å². The van der Waals surface area contributed by atoms with Crippen LogP contribution in [0.4, 0.5) is 10.1 Å². The van der Waals surface area contributed by atoms with Gasteiger partial charge in [0.1, 0.15) is 5.82 Å². The standard InChI is InChI=1S/C21H23FN2O4/c1-13(2)21(28)24(3)12-14-4-6-15(7-5-14)20(27)23-17-9-8-16(10-19(25)26)18(22)11-17/h4-9,11,13H,10,12H2,1-3H3,(H,23,27)(H,25,26). The number of rotatable bonds is 7. The second-order valence-electron chi connectivity index (χ2n) is 6.88. The van der Waals surface area contributed by atoms with E-state index in [0.717, 1.165) is 11.6 Å². The Morgan fingerprint density at radius 3 is 2.29 bits per heavy atom. The van der Waals surface area contributed by atoms with Crippen molar-refractivity contribution in [3.8, 4) is 0 Å². The minimum absolute atomic E-state index is 0.0372. The highest BCUT2D eigenvalue weighted by Gasteiger charge is 2.14. The summed E-state index contributed by atoms with van der Waals surface area (Å²) in [6, 6.07) is 10.7. The highest BCUT2D eigenvalue weighted by molar-refractivity contribution is 6.04. The zero-order valence-electron chi connectivity index (χ0n) is 16.0. The number of benzene rings is 2. The average molecular weight is 386 g/mol. The van der Waals surface area contributed by atoms with Gasteiger partial charge in [-0.3, -0.25) is 14.4 Å². The van der Waals surface area contributed by atoms with Crippen molar-refractivity contribution >= 4 is 23.5 Å². The van der Waals surface area contributed by atoms with Crippen molar-refractivity contribution in [3.63, 3.8) is 0 Å². The first-order valence-electron chi connectivity index (χ1n) is 8.83. The Kier molecular flexibility index (Phi) is 6.87. The molecule has 7 heteroatoms. The number of carbonyl (C=O) groups is 3. The summed E-state index contributed by atoms with van der Waals surface area (Å²) in [5.41, 5.74) is 1.56. The molecule has 0 heterocycles. The van der Waals surface area contributed by atoms with Gasteiger partial charge in [0.2, 0.25) is 5.91 Å². The summed E-state index contributed by atoms with van der Waals surface area (Å²) in [6.45, 7) is 4.11. The molecule has 0 aliphatic rings. The summed E-state index contributed by atoms with van der Waals surface area (Å²) in [5.74, 6) is -2.28. The lowest BCUT2D eigenvalue weighted by Crippen LogP contribution is -2.29. The number of anilines is 1. The van der Waals surface area contributed by atoms with E-state index in [9.17, 15) is 18.8 Å². The van der Waals surface area contributed by atoms with E-state index < -0.39 is 24.1 Å². The predicted molar refractivity (Wildman–Crippen MR) is 103 cm³/mol. The van der Waals surface area contributed by atoms with E-state index in [0.29, 0.717) is 12.1 Å². The Balaban J connectivity index is 2.02. The van der Waals surface area contributed by atoms with Gasteiger partial charge < -0.3 is 15.3 Å². The molecule has 28 heavy (non-hydrogen) atoms. The molecule has 0 saturated heterocycles. The van der Waals surface area contributed by atoms with E-state index in [-0.39, 0.29) is 23.1 Å². The topological polar surface area (TPSA) is 86.7 Å². The predicted octanol–water partition coefficient (Wildman–Crippen LogP) is 3.32. The Labute approximate surface area is 163 Å². The van der Waals surface area contributed by atoms with Gasteiger partial charge in [-0.1, -0.05) is 32.0 Å². The second-order valence-corrected chi connectivity index (χ2v) is 6.88. The van der Waals surface area contributed by atoms with E-state index in [1.165, 1.54) is 12.1 Å². The molecule has 0 atom stereocenters. The van der Waals surface area contributed by atoms with Gasteiger partial charge in [-0.05, 0) is 35.4 Å². The van der Waals surface area contributed by atoms with Crippen LogP contribution in [0, 0.1) is 11.7 Å². The third-order valence-corrected chi connectivity index (χ3v) is 4.16. The SMILES string of the molecule is CC(C)C(=O)N(C)Cc1ccc(C(=O)Nc2ccc(CC(=O)O)c(F)c2)cc1. The van der Waals surface area contributed by atoms with Crippen LogP contribution in [-0.4, -0.2) is 34.8 Å². The molecule has 6 nitrogen and oxygen atoms in total. The number of hydrogen-bond donors (Lipinski definition) is 2. The molecule has 0 unspecified atom stereocenters. The molecule has 2 N–H and O–H groups in total. The van der Waals surface area contributed by atoms with Crippen molar-refractivity contribution in [1.29, 1.82) is 0 Å². The largest absolute Gasteiger partial charge is 0.481 e. The van der Waals surface area contributed by atoms with Gasteiger partial charge in [0.25, 0.3) is 5.91 Å². The van der Waals surface area contributed by atoms with Crippen LogP contribution in [0.1, 0.15) is 35.3 Å². The highest BCUT2D eigenvalue weighted by Crippen LogP contribution is 2.17. The zero-order valence-corrected chi connectivity index (χ0v) is 16.0. The van der Waals surface area contributed by atoms with Crippen LogP contribution in [0.2, 0.25) is 0 Å². The van der Waals surface area contributed by atoms with Crippen LogP contribution >= 0.6 is 0 Å². The number of carbonyl (C=O) groups excluding carboxylic acids is 2. The minimum Gasteiger partial charge on any atom is -0.481 e. The zero-order chi connectivity index (χ0) is 20.8. The molecule has 148 valence electrons. The van der Waals surface area contributed by atoms with Crippen molar-refractivity contribution in [2.24, 2.45) is 5.92 Å². The van der Waals surface area contributed by atoms with Gasteiger partial charge in [0, 0.05) is 30.8 Å². The number of carboxylic acids is 1. The van der Waals surface area contributed by atoms with Crippen LogP contribution in [0.3, 0.4) is 0 Å². The molecule has 2 amide bonds. The Morgan fingerprint density at radius 2 is 1.75 bits per heavy atom. The Bertz CT molecular complexity index is 878. The fraction of sp³-hybridized carbons (Fsp3) is 0.286. The lowest BCUT2D eigenvalue weighted by Gasteiger charge is -2.19. The van der Waals surface area contributed by atoms with Crippen molar-refractivity contribution in [2.45, 2.75) is 26.8 Å². The van der Waals surface area contributed by atoms with Crippen molar-refractivity contribution in [2.75, 3.05) is 12.4 Å². The molecular formula is C21H23FN2O4. The number of nitrogens with one attached hydrogen (secondary N) is 1. The fourth-order valence-electron chi connectivity index (χ4n) is 2.69. The summed E-state index contributed by atoms with van der Waals surface area (Å²) < 4.78 is 13.9. The van der Waals surface area contributed by atoms with E-state index in [4.69, 9.17) is 5.11 Å². The van der Waals surface area contributed by atoms with E-state index in [2.05, 4.69) is 5.32 Å². The quantitative estimate of drug-likeness (QED) is 0.764. The number of halogens is 1. The molecule has 0 fully saturated rings. The number of amides is 2. The molecule has 0 bridgehead atoms. The van der Waals surface area contributed by atoms with Crippen molar-refractivity contribution in [3.05, 3.63) is 65.0 Å². The first-order valence-corrected chi connectivity index (χ1v) is 8.83. The molecule has 2 aromatic rings. The van der Waals surface area contributed by atoms with E-state index in [1.807, 2.05) is 13.8 Å². The normalized spacial score (nSPS) is 10.6. The van der Waals surface area contributed by atoms with Gasteiger partial charge in [0.05, 0.1) is 6.42 Å². The maximum Gasteiger partial charge on any atom is 0.307 e. The third kappa shape index (κ3) is 5.64. The van der Waals surface area contributed by atoms with Crippen molar-refractivity contribution in [1.82, 2.24) is 4.90 Å². The summed E-state index contributed by atoms with van der Waals surface area (Å²) in [5, 5.41) is 11.3. The molecule has 0 aliphatic carbocycles. The lowest BCUT2D eigenvalue weighted by atomic mass is 10.1. The maximum absolute atomic E-state index is 13.9. The Hall–Kier alpha value is -3.22. The molecule has 0 aliphatic heterocycles. The van der Waals surface area contributed by atoms with E-state index >= 15 is 0 Å². The van der Waals surface area contributed by atoms with Crippen LogP contribution < -0.4 is 5.32 Å². The molecular weight excluding hydrogens is 363 g/mol. The van der Waals surface area contributed by atoms with E-state index in [1.54, 1.807) is 36.2 Å². The first-order chi connectivity index (χ1) is 13.2.